The molecule has 0 saturated heterocycles. The number of hydrogen-bond donors (Lipinski definition) is 1. The zero-order valence-electron chi connectivity index (χ0n) is 14.6. The van der Waals surface area contributed by atoms with Gasteiger partial charge in [-0.1, -0.05) is 13.0 Å². The van der Waals surface area contributed by atoms with E-state index in [2.05, 4.69) is 27.3 Å². The number of aryl methyl sites for hydroxylation is 3. The van der Waals surface area contributed by atoms with Gasteiger partial charge < -0.3 is 5.32 Å². The van der Waals surface area contributed by atoms with Crippen molar-refractivity contribution >= 4 is 5.65 Å². The fourth-order valence-corrected chi connectivity index (χ4v) is 3.33. The second-order valence-corrected chi connectivity index (χ2v) is 6.57. The van der Waals surface area contributed by atoms with E-state index >= 15 is 0 Å². The largest absolute Gasteiger partial charge is 0.307 e. The Morgan fingerprint density at radius 3 is 3.08 bits per heavy atom. The van der Waals surface area contributed by atoms with Gasteiger partial charge in [0.05, 0.1) is 12.2 Å². The van der Waals surface area contributed by atoms with Gasteiger partial charge in [-0.25, -0.2) is 14.6 Å². The second-order valence-electron chi connectivity index (χ2n) is 6.57. The Hall–Kier alpha value is -2.54. The average molecular weight is 338 g/mol. The molecule has 1 N–H and O–H groups in total. The summed E-state index contributed by atoms with van der Waals surface area (Å²) in [4.78, 5) is 21.5. The van der Waals surface area contributed by atoms with Gasteiger partial charge in [0.1, 0.15) is 11.5 Å². The zero-order chi connectivity index (χ0) is 17.4. The van der Waals surface area contributed by atoms with Crippen molar-refractivity contribution in [2.75, 3.05) is 0 Å². The summed E-state index contributed by atoms with van der Waals surface area (Å²) in [6.45, 7) is 5.43. The summed E-state index contributed by atoms with van der Waals surface area (Å²) < 4.78 is 3.60. The smallest absolute Gasteiger partial charge is 0.258 e. The van der Waals surface area contributed by atoms with E-state index < -0.39 is 0 Å². The fraction of sp³-hybridized carbons (Fsp3) is 0.444. The summed E-state index contributed by atoms with van der Waals surface area (Å²) >= 11 is 0. The van der Waals surface area contributed by atoms with Crippen molar-refractivity contribution < 1.29 is 0 Å². The number of fused-ring (bicyclic) bond motifs is 2. The molecule has 1 aliphatic rings. The lowest BCUT2D eigenvalue weighted by Gasteiger charge is -2.23. The van der Waals surface area contributed by atoms with Crippen LogP contribution < -0.4 is 10.9 Å². The van der Waals surface area contributed by atoms with Gasteiger partial charge in [0, 0.05) is 37.7 Å². The molecule has 0 unspecified atom stereocenters. The second kappa shape index (κ2) is 6.40. The lowest BCUT2D eigenvalue weighted by atomic mass is 10.1. The van der Waals surface area contributed by atoms with Crippen LogP contribution in [-0.4, -0.2) is 30.2 Å². The molecule has 7 heteroatoms. The molecule has 0 saturated carbocycles. The highest BCUT2D eigenvalue weighted by Gasteiger charge is 2.21. The van der Waals surface area contributed by atoms with Crippen LogP contribution in [0.25, 0.3) is 5.65 Å². The molecule has 1 aliphatic heterocycles. The number of nitrogens with one attached hydrogen (secondary N) is 1. The minimum Gasteiger partial charge on any atom is -0.307 e. The van der Waals surface area contributed by atoms with E-state index in [9.17, 15) is 4.79 Å². The summed E-state index contributed by atoms with van der Waals surface area (Å²) in [5.41, 5.74) is 2.46. The van der Waals surface area contributed by atoms with E-state index in [0.29, 0.717) is 12.6 Å². The third-order valence-electron chi connectivity index (χ3n) is 4.73. The Kier molecular flexibility index (Phi) is 4.09. The van der Waals surface area contributed by atoms with Crippen LogP contribution in [0.2, 0.25) is 0 Å². The maximum absolute atomic E-state index is 12.3. The molecule has 3 aromatic heterocycles. The maximum Gasteiger partial charge on any atom is 0.258 e. The molecule has 0 aromatic carbocycles. The quantitative estimate of drug-likeness (QED) is 0.775. The highest BCUT2D eigenvalue weighted by atomic mass is 16.1. The summed E-state index contributed by atoms with van der Waals surface area (Å²) in [5, 5.41) is 8.06. The molecule has 0 bridgehead atoms. The fourth-order valence-electron chi connectivity index (χ4n) is 3.33. The molecule has 0 radical (unpaired) electrons. The van der Waals surface area contributed by atoms with Crippen LogP contribution in [0.4, 0.5) is 0 Å². The van der Waals surface area contributed by atoms with Gasteiger partial charge in [-0.05, 0) is 25.0 Å². The topological polar surface area (TPSA) is 77.1 Å². The standard InChI is InChI=1S/C18H22N6O/c1-3-15-21-16-7-6-13(11-24(16)22-15)19-10-14-9-17(25)23-8-4-5-12(2)18(23)20-14/h4-5,8-9,13,19H,3,6-7,10-11H2,1-2H3/t13-/m1/s1. The van der Waals surface area contributed by atoms with Gasteiger partial charge in [-0.2, -0.15) is 5.10 Å². The van der Waals surface area contributed by atoms with E-state index in [1.165, 1.54) is 0 Å². The van der Waals surface area contributed by atoms with Gasteiger partial charge in [-0.3, -0.25) is 9.20 Å². The highest BCUT2D eigenvalue weighted by Crippen LogP contribution is 2.14. The van der Waals surface area contributed by atoms with Crippen LogP contribution in [0.1, 0.15) is 36.3 Å². The molecule has 0 spiro atoms. The molecule has 130 valence electrons. The molecule has 4 rings (SSSR count). The third kappa shape index (κ3) is 3.07. The van der Waals surface area contributed by atoms with Crippen molar-refractivity contribution in [1.29, 1.82) is 0 Å². The van der Waals surface area contributed by atoms with E-state index in [0.717, 1.165) is 54.4 Å². The van der Waals surface area contributed by atoms with Crippen molar-refractivity contribution in [2.45, 2.75) is 52.2 Å². The number of rotatable bonds is 4. The van der Waals surface area contributed by atoms with Gasteiger partial charge in [0.15, 0.2) is 5.82 Å². The zero-order valence-corrected chi connectivity index (χ0v) is 14.6. The van der Waals surface area contributed by atoms with E-state index in [1.54, 1.807) is 16.7 Å². The molecular weight excluding hydrogens is 316 g/mol. The van der Waals surface area contributed by atoms with Crippen LogP contribution >= 0.6 is 0 Å². The summed E-state index contributed by atoms with van der Waals surface area (Å²) in [6, 6.07) is 5.76. The van der Waals surface area contributed by atoms with Gasteiger partial charge in [-0.15, -0.1) is 0 Å². The summed E-state index contributed by atoms with van der Waals surface area (Å²) in [5.74, 6) is 1.99. The first-order valence-electron chi connectivity index (χ1n) is 8.78. The Morgan fingerprint density at radius 1 is 1.36 bits per heavy atom. The first-order valence-corrected chi connectivity index (χ1v) is 8.78. The summed E-state index contributed by atoms with van der Waals surface area (Å²) in [7, 11) is 0. The Labute approximate surface area is 145 Å². The van der Waals surface area contributed by atoms with Crippen LogP contribution in [0.3, 0.4) is 0 Å². The molecule has 3 aromatic rings. The van der Waals surface area contributed by atoms with Crippen LogP contribution in [-0.2, 0) is 25.9 Å². The lowest BCUT2D eigenvalue weighted by molar-refractivity contribution is 0.356. The maximum atomic E-state index is 12.3. The molecule has 1 atom stereocenters. The first kappa shape index (κ1) is 16.0. The monoisotopic (exact) mass is 338 g/mol. The number of aromatic nitrogens is 5. The Balaban J connectivity index is 1.49. The van der Waals surface area contributed by atoms with E-state index in [-0.39, 0.29) is 5.56 Å². The Morgan fingerprint density at radius 2 is 2.24 bits per heavy atom. The highest BCUT2D eigenvalue weighted by molar-refractivity contribution is 5.46. The molecule has 25 heavy (non-hydrogen) atoms. The van der Waals surface area contributed by atoms with Gasteiger partial charge >= 0.3 is 0 Å². The SMILES string of the molecule is CCc1nc2n(n1)C[C@H](NCc1cc(=O)n3cccc(C)c3n1)CC2. The lowest BCUT2D eigenvalue weighted by Crippen LogP contribution is -2.37. The molecule has 7 nitrogen and oxygen atoms in total. The van der Waals surface area contributed by atoms with E-state index in [4.69, 9.17) is 0 Å². The molecular formula is C18H22N6O. The molecule has 0 aliphatic carbocycles. The minimum absolute atomic E-state index is 0.0414. The molecule has 0 amide bonds. The minimum atomic E-state index is -0.0414. The third-order valence-corrected chi connectivity index (χ3v) is 4.73. The predicted octanol–water partition coefficient (Wildman–Crippen LogP) is 1.26. The predicted molar refractivity (Wildman–Crippen MR) is 94.5 cm³/mol. The van der Waals surface area contributed by atoms with Gasteiger partial charge in [0.25, 0.3) is 5.56 Å². The number of nitrogens with zero attached hydrogens (tertiary/aromatic N) is 5. The van der Waals surface area contributed by atoms with Crippen LogP contribution in [0.15, 0.2) is 29.2 Å². The normalized spacial score (nSPS) is 17.0. The van der Waals surface area contributed by atoms with Gasteiger partial charge in [0.2, 0.25) is 0 Å². The van der Waals surface area contributed by atoms with Crippen molar-refractivity contribution in [2.24, 2.45) is 0 Å². The van der Waals surface area contributed by atoms with Crippen LogP contribution in [0.5, 0.6) is 0 Å². The Bertz CT molecular complexity index is 973. The van der Waals surface area contributed by atoms with Crippen molar-refractivity contribution in [1.82, 2.24) is 29.5 Å². The van der Waals surface area contributed by atoms with Crippen molar-refractivity contribution in [3.63, 3.8) is 0 Å². The molecule has 0 fully saturated rings. The van der Waals surface area contributed by atoms with Crippen molar-refractivity contribution in [3.05, 3.63) is 57.7 Å². The van der Waals surface area contributed by atoms with E-state index in [1.807, 2.05) is 23.7 Å². The average Bonchev–Trinajstić information content (AvgIpc) is 3.03. The summed E-state index contributed by atoms with van der Waals surface area (Å²) in [6.07, 6.45) is 4.57. The molecule has 4 heterocycles. The first-order chi connectivity index (χ1) is 12.1. The van der Waals surface area contributed by atoms with Crippen molar-refractivity contribution in [3.8, 4) is 0 Å². The number of pyridine rings is 1. The van der Waals surface area contributed by atoms with Crippen LogP contribution in [0, 0.1) is 6.92 Å². The number of hydrogen-bond acceptors (Lipinski definition) is 5.